The number of ether oxygens (including phenoxy) is 1. The van der Waals surface area contributed by atoms with Gasteiger partial charge in [-0.3, -0.25) is 4.79 Å². The van der Waals surface area contributed by atoms with Crippen LogP contribution in [0.1, 0.15) is 33.6 Å². The van der Waals surface area contributed by atoms with Crippen LogP contribution >= 0.6 is 11.8 Å². The Morgan fingerprint density at radius 2 is 2.31 bits per heavy atom. The zero-order valence-electron chi connectivity index (χ0n) is 9.86. The lowest BCUT2D eigenvalue weighted by Crippen LogP contribution is -2.47. The van der Waals surface area contributed by atoms with Gasteiger partial charge in [-0.15, -0.1) is 11.8 Å². The van der Waals surface area contributed by atoms with Crippen molar-refractivity contribution < 1.29 is 14.3 Å². The SMILES string of the molecule is CC(C)OC(=O)C1CSC2(C)CCC(=O)N12. The molecule has 4 nitrogen and oxygen atoms in total. The second-order valence-corrected chi connectivity index (χ2v) is 6.25. The Kier molecular flexibility index (Phi) is 2.90. The number of rotatable bonds is 2. The van der Waals surface area contributed by atoms with Crippen LogP contribution in [0.5, 0.6) is 0 Å². The average Bonchev–Trinajstić information content (AvgIpc) is 2.64. The molecule has 0 aromatic carbocycles. The zero-order valence-corrected chi connectivity index (χ0v) is 10.7. The Morgan fingerprint density at radius 1 is 1.62 bits per heavy atom. The third-order valence-electron chi connectivity index (χ3n) is 3.07. The van der Waals surface area contributed by atoms with Gasteiger partial charge < -0.3 is 9.64 Å². The molecule has 90 valence electrons. The van der Waals surface area contributed by atoms with Crippen LogP contribution in [0.15, 0.2) is 0 Å². The summed E-state index contributed by atoms with van der Waals surface area (Å²) in [7, 11) is 0. The highest BCUT2D eigenvalue weighted by atomic mass is 32.2. The quantitative estimate of drug-likeness (QED) is 0.688. The lowest BCUT2D eigenvalue weighted by molar-refractivity contribution is -0.156. The molecule has 16 heavy (non-hydrogen) atoms. The molecule has 0 aromatic rings. The normalized spacial score (nSPS) is 33.4. The molecule has 2 fully saturated rings. The number of fused-ring (bicyclic) bond motifs is 1. The van der Waals surface area contributed by atoms with Crippen LogP contribution in [-0.2, 0) is 14.3 Å². The Labute approximate surface area is 99.7 Å². The predicted molar refractivity (Wildman–Crippen MR) is 62.0 cm³/mol. The van der Waals surface area contributed by atoms with Crippen LogP contribution in [0.3, 0.4) is 0 Å². The second kappa shape index (κ2) is 3.95. The van der Waals surface area contributed by atoms with E-state index in [-0.39, 0.29) is 28.9 Å². The first-order valence-corrected chi connectivity index (χ1v) is 6.59. The van der Waals surface area contributed by atoms with Gasteiger partial charge in [-0.1, -0.05) is 0 Å². The topological polar surface area (TPSA) is 46.6 Å². The maximum absolute atomic E-state index is 11.9. The van der Waals surface area contributed by atoms with Crippen molar-refractivity contribution in [2.75, 3.05) is 5.75 Å². The molecular weight excluding hydrogens is 226 g/mol. The number of nitrogens with zero attached hydrogens (tertiary/aromatic N) is 1. The molecule has 2 heterocycles. The standard InChI is InChI=1S/C11H17NO3S/c1-7(2)15-10(14)8-6-16-11(3)5-4-9(13)12(8)11/h7-8H,4-6H2,1-3H3. The molecule has 2 rings (SSSR count). The van der Waals surface area contributed by atoms with Crippen LogP contribution in [0.4, 0.5) is 0 Å². The second-order valence-electron chi connectivity index (χ2n) is 4.75. The largest absolute Gasteiger partial charge is 0.461 e. The molecular formula is C11H17NO3S. The summed E-state index contributed by atoms with van der Waals surface area (Å²) in [6.07, 6.45) is 1.26. The first-order valence-electron chi connectivity index (χ1n) is 5.61. The number of carbonyl (C=O) groups is 2. The molecule has 2 unspecified atom stereocenters. The van der Waals surface area contributed by atoms with Crippen molar-refractivity contribution in [3.05, 3.63) is 0 Å². The van der Waals surface area contributed by atoms with E-state index in [9.17, 15) is 9.59 Å². The van der Waals surface area contributed by atoms with Crippen molar-refractivity contribution in [3.63, 3.8) is 0 Å². The van der Waals surface area contributed by atoms with Crippen LogP contribution in [-0.4, -0.2) is 39.5 Å². The fourth-order valence-corrected chi connectivity index (χ4v) is 3.72. The summed E-state index contributed by atoms with van der Waals surface area (Å²) >= 11 is 1.69. The minimum atomic E-state index is -0.382. The molecule has 5 heteroatoms. The molecule has 0 radical (unpaired) electrons. The third kappa shape index (κ3) is 1.81. The van der Waals surface area contributed by atoms with Crippen LogP contribution in [0, 0.1) is 0 Å². The summed E-state index contributed by atoms with van der Waals surface area (Å²) in [5.74, 6) is 0.480. The first-order chi connectivity index (χ1) is 7.44. The van der Waals surface area contributed by atoms with Gasteiger partial charge in [0.1, 0.15) is 6.04 Å². The summed E-state index contributed by atoms with van der Waals surface area (Å²) < 4.78 is 5.19. The molecule has 0 bridgehead atoms. The van der Waals surface area contributed by atoms with E-state index in [2.05, 4.69) is 0 Å². The monoisotopic (exact) mass is 243 g/mol. The van der Waals surface area contributed by atoms with Crippen molar-refractivity contribution in [1.82, 2.24) is 4.90 Å². The summed E-state index contributed by atoms with van der Waals surface area (Å²) in [5, 5.41) is 0. The molecule has 0 spiro atoms. The van der Waals surface area contributed by atoms with Crippen molar-refractivity contribution in [3.8, 4) is 0 Å². The van der Waals surface area contributed by atoms with Gasteiger partial charge in [-0.25, -0.2) is 4.79 Å². The molecule has 0 aliphatic carbocycles. The van der Waals surface area contributed by atoms with Crippen molar-refractivity contribution in [2.24, 2.45) is 0 Å². The Bertz CT molecular complexity index is 331. The van der Waals surface area contributed by atoms with Gasteiger partial charge in [0, 0.05) is 12.2 Å². The lowest BCUT2D eigenvalue weighted by Gasteiger charge is -2.29. The fraction of sp³-hybridized carbons (Fsp3) is 0.818. The molecule has 1 amide bonds. The van der Waals surface area contributed by atoms with Gasteiger partial charge in [-0.2, -0.15) is 0 Å². The fourth-order valence-electron chi connectivity index (χ4n) is 2.31. The van der Waals surface area contributed by atoms with E-state index in [1.165, 1.54) is 0 Å². The van der Waals surface area contributed by atoms with E-state index in [1.54, 1.807) is 16.7 Å². The summed E-state index contributed by atoms with van der Waals surface area (Å²) in [4.78, 5) is 25.2. The lowest BCUT2D eigenvalue weighted by atomic mass is 10.2. The van der Waals surface area contributed by atoms with Crippen molar-refractivity contribution in [2.45, 2.75) is 50.6 Å². The van der Waals surface area contributed by atoms with E-state index in [0.717, 1.165) is 6.42 Å². The Hall–Kier alpha value is -0.710. The van der Waals surface area contributed by atoms with Crippen LogP contribution in [0.25, 0.3) is 0 Å². The molecule has 0 saturated carbocycles. The van der Waals surface area contributed by atoms with E-state index < -0.39 is 0 Å². The number of carbonyl (C=O) groups excluding carboxylic acids is 2. The number of thioether (sulfide) groups is 1. The number of esters is 1. The maximum atomic E-state index is 11.9. The number of hydrogen-bond acceptors (Lipinski definition) is 4. The third-order valence-corrected chi connectivity index (χ3v) is 4.57. The van der Waals surface area contributed by atoms with E-state index in [0.29, 0.717) is 12.2 Å². The highest BCUT2D eigenvalue weighted by Crippen LogP contribution is 2.47. The molecule has 2 aliphatic heterocycles. The van der Waals surface area contributed by atoms with Gasteiger partial charge >= 0.3 is 5.97 Å². The van der Waals surface area contributed by atoms with Crippen LogP contribution < -0.4 is 0 Å². The molecule has 2 aliphatic rings. The average molecular weight is 243 g/mol. The van der Waals surface area contributed by atoms with Crippen molar-refractivity contribution >= 4 is 23.6 Å². The van der Waals surface area contributed by atoms with E-state index in [4.69, 9.17) is 4.74 Å². The minimum absolute atomic E-state index is 0.0817. The maximum Gasteiger partial charge on any atom is 0.330 e. The van der Waals surface area contributed by atoms with Crippen LogP contribution in [0.2, 0.25) is 0 Å². The van der Waals surface area contributed by atoms with Gasteiger partial charge in [0.2, 0.25) is 5.91 Å². The van der Waals surface area contributed by atoms with E-state index in [1.807, 2.05) is 20.8 Å². The Morgan fingerprint density at radius 3 is 2.94 bits per heavy atom. The van der Waals surface area contributed by atoms with E-state index >= 15 is 0 Å². The van der Waals surface area contributed by atoms with Gasteiger partial charge in [0.25, 0.3) is 0 Å². The molecule has 0 aromatic heterocycles. The van der Waals surface area contributed by atoms with Gasteiger partial charge in [0.15, 0.2) is 0 Å². The highest BCUT2D eigenvalue weighted by molar-refractivity contribution is 8.01. The molecule has 2 saturated heterocycles. The number of hydrogen-bond donors (Lipinski definition) is 0. The molecule has 0 N–H and O–H groups in total. The van der Waals surface area contributed by atoms with Gasteiger partial charge in [0.05, 0.1) is 11.0 Å². The molecule has 2 atom stereocenters. The Balaban J connectivity index is 2.13. The first kappa shape index (κ1) is 11.8. The van der Waals surface area contributed by atoms with Gasteiger partial charge in [-0.05, 0) is 27.2 Å². The summed E-state index contributed by atoms with van der Waals surface area (Å²) in [5.41, 5.74) is 0. The predicted octanol–water partition coefficient (Wildman–Crippen LogP) is 1.39. The number of amides is 1. The zero-order chi connectivity index (χ0) is 11.9. The smallest absolute Gasteiger partial charge is 0.330 e. The summed E-state index contributed by atoms with van der Waals surface area (Å²) in [6, 6.07) is -0.382. The highest BCUT2D eigenvalue weighted by Gasteiger charge is 2.53. The van der Waals surface area contributed by atoms with Crippen molar-refractivity contribution in [1.29, 1.82) is 0 Å². The summed E-state index contributed by atoms with van der Waals surface area (Å²) in [6.45, 7) is 5.68. The minimum Gasteiger partial charge on any atom is -0.461 e.